The number of carbonyl (C=O) groups excluding carboxylic acids is 1. The summed E-state index contributed by atoms with van der Waals surface area (Å²) in [4.78, 5) is 14.5. The van der Waals surface area contributed by atoms with Gasteiger partial charge in [0.1, 0.15) is 11.4 Å². The van der Waals surface area contributed by atoms with Gasteiger partial charge in [0.25, 0.3) is 5.91 Å². The van der Waals surface area contributed by atoms with Crippen molar-refractivity contribution in [1.82, 2.24) is 10.3 Å². The van der Waals surface area contributed by atoms with Gasteiger partial charge in [-0.05, 0) is 42.3 Å². The Kier molecular flexibility index (Phi) is 4.88. The summed E-state index contributed by atoms with van der Waals surface area (Å²) < 4.78 is 45.2. The number of hydrogen-bond donors (Lipinski definition) is 2. The third-order valence-electron chi connectivity index (χ3n) is 4.09. The lowest BCUT2D eigenvalue weighted by molar-refractivity contribution is -0.141. The number of hydrogen-bond acceptors (Lipinski definition) is 2. The van der Waals surface area contributed by atoms with Gasteiger partial charge in [0.05, 0.1) is 7.11 Å². The Hall–Kier alpha value is -2.96. The second-order valence-electron chi connectivity index (χ2n) is 5.76. The van der Waals surface area contributed by atoms with Crippen LogP contribution in [0.1, 0.15) is 21.6 Å². The Morgan fingerprint density at radius 3 is 2.54 bits per heavy atom. The van der Waals surface area contributed by atoms with Crippen molar-refractivity contribution in [3.8, 4) is 5.75 Å². The molecule has 7 heteroatoms. The first-order chi connectivity index (χ1) is 12.4. The SMILES string of the molecule is COc1ccc2[nH]c(C(F)(F)F)c(CCNC(=O)c3ccccc3)c2c1. The van der Waals surface area contributed by atoms with Gasteiger partial charge in [-0.15, -0.1) is 0 Å². The Balaban J connectivity index is 1.84. The van der Waals surface area contributed by atoms with E-state index < -0.39 is 11.9 Å². The largest absolute Gasteiger partial charge is 0.497 e. The number of nitrogens with one attached hydrogen (secondary N) is 2. The van der Waals surface area contributed by atoms with E-state index >= 15 is 0 Å². The summed E-state index contributed by atoms with van der Waals surface area (Å²) in [5.74, 6) is 0.149. The van der Waals surface area contributed by atoms with Gasteiger partial charge in [-0.1, -0.05) is 18.2 Å². The highest BCUT2D eigenvalue weighted by Crippen LogP contribution is 2.36. The second kappa shape index (κ2) is 7.11. The van der Waals surface area contributed by atoms with E-state index in [1.165, 1.54) is 7.11 Å². The number of aromatic amines is 1. The number of ether oxygens (including phenoxy) is 1. The molecule has 4 nitrogen and oxygen atoms in total. The minimum atomic E-state index is -4.51. The summed E-state index contributed by atoms with van der Waals surface area (Å²) in [5.41, 5.74) is 0.154. The van der Waals surface area contributed by atoms with Crippen LogP contribution >= 0.6 is 0 Å². The van der Waals surface area contributed by atoms with Crippen LogP contribution in [0.2, 0.25) is 0 Å². The summed E-state index contributed by atoms with van der Waals surface area (Å²) in [6.07, 6.45) is -4.47. The summed E-state index contributed by atoms with van der Waals surface area (Å²) >= 11 is 0. The Labute approximate surface area is 148 Å². The number of rotatable bonds is 5. The maximum absolute atomic E-state index is 13.4. The van der Waals surface area contributed by atoms with Gasteiger partial charge >= 0.3 is 6.18 Å². The third kappa shape index (κ3) is 3.66. The summed E-state index contributed by atoms with van der Waals surface area (Å²) in [6.45, 7) is 0.0843. The molecule has 0 aliphatic heterocycles. The van der Waals surface area contributed by atoms with Gasteiger partial charge in [-0.25, -0.2) is 0 Å². The van der Waals surface area contributed by atoms with E-state index in [1.807, 2.05) is 0 Å². The highest BCUT2D eigenvalue weighted by atomic mass is 19.4. The van der Waals surface area contributed by atoms with Crippen LogP contribution in [0.25, 0.3) is 10.9 Å². The zero-order chi connectivity index (χ0) is 18.7. The maximum Gasteiger partial charge on any atom is 0.431 e. The summed E-state index contributed by atoms with van der Waals surface area (Å²) in [6, 6.07) is 13.2. The molecular weight excluding hydrogens is 345 g/mol. The average Bonchev–Trinajstić information content (AvgIpc) is 3.00. The molecule has 136 valence electrons. The van der Waals surface area contributed by atoms with Crippen molar-refractivity contribution in [3.05, 3.63) is 65.4 Å². The molecule has 0 atom stereocenters. The predicted molar refractivity (Wildman–Crippen MR) is 92.3 cm³/mol. The molecule has 0 saturated heterocycles. The van der Waals surface area contributed by atoms with Gasteiger partial charge < -0.3 is 15.0 Å². The number of H-pyrrole nitrogens is 1. The molecule has 2 N–H and O–H groups in total. The monoisotopic (exact) mass is 362 g/mol. The van der Waals surface area contributed by atoms with Crippen LogP contribution < -0.4 is 10.1 Å². The number of halogens is 3. The van der Waals surface area contributed by atoms with E-state index in [0.29, 0.717) is 22.2 Å². The molecule has 0 bridgehead atoms. The van der Waals surface area contributed by atoms with Crippen LogP contribution in [0.5, 0.6) is 5.75 Å². The predicted octanol–water partition coefficient (Wildman–Crippen LogP) is 4.17. The van der Waals surface area contributed by atoms with Crippen molar-refractivity contribution in [2.75, 3.05) is 13.7 Å². The third-order valence-corrected chi connectivity index (χ3v) is 4.09. The molecule has 3 rings (SSSR count). The lowest BCUT2D eigenvalue weighted by Gasteiger charge is -2.10. The van der Waals surface area contributed by atoms with E-state index in [4.69, 9.17) is 4.74 Å². The lowest BCUT2D eigenvalue weighted by atomic mass is 10.1. The molecule has 0 saturated carbocycles. The number of fused-ring (bicyclic) bond motifs is 1. The first-order valence-electron chi connectivity index (χ1n) is 7.99. The van der Waals surface area contributed by atoms with Crippen molar-refractivity contribution >= 4 is 16.8 Å². The molecule has 1 aromatic heterocycles. The molecule has 1 amide bonds. The minimum absolute atomic E-state index is 0.0422. The molecule has 0 spiro atoms. The van der Waals surface area contributed by atoms with E-state index in [2.05, 4.69) is 10.3 Å². The van der Waals surface area contributed by atoms with Gasteiger partial charge in [0.15, 0.2) is 0 Å². The lowest BCUT2D eigenvalue weighted by Crippen LogP contribution is -2.26. The zero-order valence-electron chi connectivity index (χ0n) is 14.0. The van der Waals surface area contributed by atoms with Gasteiger partial charge in [-0.2, -0.15) is 13.2 Å². The van der Waals surface area contributed by atoms with Crippen molar-refractivity contribution in [2.24, 2.45) is 0 Å². The molecule has 1 heterocycles. The molecule has 0 radical (unpaired) electrons. The van der Waals surface area contributed by atoms with Crippen LogP contribution in [0.15, 0.2) is 48.5 Å². The van der Waals surface area contributed by atoms with E-state index in [1.54, 1.807) is 48.5 Å². The van der Waals surface area contributed by atoms with E-state index in [-0.39, 0.29) is 24.4 Å². The number of carbonyl (C=O) groups is 1. The van der Waals surface area contributed by atoms with Crippen LogP contribution in [0.3, 0.4) is 0 Å². The van der Waals surface area contributed by atoms with E-state index in [0.717, 1.165) is 0 Å². The van der Waals surface area contributed by atoms with Crippen molar-refractivity contribution in [2.45, 2.75) is 12.6 Å². The first kappa shape index (κ1) is 17.8. The number of alkyl halides is 3. The number of benzene rings is 2. The van der Waals surface area contributed by atoms with Crippen LogP contribution in [-0.4, -0.2) is 24.5 Å². The molecule has 0 fully saturated rings. The fourth-order valence-corrected chi connectivity index (χ4v) is 2.85. The highest BCUT2D eigenvalue weighted by Gasteiger charge is 2.36. The molecule has 3 aromatic rings. The number of methoxy groups -OCH3 is 1. The molecule has 26 heavy (non-hydrogen) atoms. The smallest absolute Gasteiger partial charge is 0.431 e. The number of amides is 1. The Morgan fingerprint density at radius 2 is 1.88 bits per heavy atom. The topological polar surface area (TPSA) is 54.1 Å². The Morgan fingerprint density at radius 1 is 1.15 bits per heavy atom. The van der Waals surface area contributed by atoms with Crippen LogP contribution in [0.4, 0.5) is 13.2 Å². The molecule has 0 aliphatic rings. The number of aromatic nitrogens is 1. The fourth-order valence-electron chi connectivity index (χ4n) is 2.85. The van der Waals surface area contributed by atoms with Crippen molar-refractivity contribution < 1.29 is 22.7 Å². The maximum atomic E-state index is 13.4. The average molecular weight is 362 g/mol. The van der Waals surface area contributed by atoms with Gasteiger partial charge in [0.2, 0.25) is 0 Å². The molecule has 0 unspecified atom stereocenters. The van der Waals surface area contributed by atoms with Crippen LogP contribution in [0, 0.1) is 0 Å². The van der Waals surface area contributed by atoms with Crippen molar-refractivity contribution in [3.63, 3.8) is 0 Å². The van der Waals surface area contributed by atoms with Gasteiger partial charge in [-0.3, -0.25) is 4.79 Å². The molecular formula is C19H17F3N2O2. The summed E-state index contributed by atoms with van der Waals surface area (Å²) in [5, 5.41) is 3.09. The Bertz CT molecular complexity index is 918. The molecule has 2 aromatic carbocycles. The standard InChI is InChI=1S/C19H17F3N2O2/c1-26-13-7-8-16-15(11-13)14(17(24-16)19(20,21)22)9-10-23-18(25)12-5-3-2-4-6-12/h2-8,11,24H,9-10H2,1H3,(H,23,25). The second-order valence-corrected chi connectivity index (χ2v) is 5.76. The minimum Gasteiger partial charge on any atom is -0.497 e. The van der Waals surface area contributed by atoms with Crippen LogP contribution in [-0.2, 0) is 12.6 Å². The molecule has 0 aliphatic carbocycles. The van der Waals surface area contributed by atoms with Gasteiger partial charge in [0, 0.05) is 23.0 Å². The quantitative estimate of drug-likeness (QED) is 0.716. The zero-order valence-corrected chi connectivity index (χ0v) is 14.0. The normalized spacial score (nSPS) is 11.5. The summed E-state index contributed by atoms with van der Waals surface area (Å²) in [7, 11) is 1.46. The highest BCUT2D eigenvalue weighted by molar-refractivity contribution is 5.94. The first-order valence-corrected chi connectivity index (χ1v) is 7.99. The van der Waals surface area contributed by atoms with Crippen molar-refractivity contribution in [1.29, 1.82) is 0 Å². The van der Waals surface area contributed by atoms with E-state index in [9.17, 15) is 18.0 Å². The fraction of sp³-hybridized carbons (Fsp3) is 0.211.